The summed E-state index contributed by atoms with van der Waals surface area (Å²) in [5.74, 6) is -0.731. The van der Waals surface area contributed by atoms with Gasteiger partial charge in [-0.05, 0) is 37.3 Å². The molecule has 4 rings (SSSR count). The van der Waals surface area contributed by atoms with Crippen LogP contribution in [0.25, 0.3) is 21.8 Å². The van der Waals surface area contributed by atoms with Crippen LogP contribution in [-0.2, 0) is 10.1 Å². The van der Waals surface area contributed by atoms with Crippen LogP contribution in [0.15, 0.2) is 47.4 Å². The van der Waals surface area contributed by atoms with E-state index in [0.717, 1.165) is 4.68 Å². The van der Waals surface area contributed by atoms with Crippen molar-refractivity contribution < 1.29 is 23.2 Å². The van der Waals surface area contributed by atoms with E-state index in [0.29, 0.717) is 27.9 Å². The number of hydrogen-bond acceptors (Lipinski definition) is 8. The third-order valence-electron chi connectivity index (χ3n) is 4.24. The average Bonchev–Trinajstić information content (AvgIpc) is 2.69. The van der Waals surface area contributed by atoms with Crippen LogP contribution in [0.5, 0.6) is 11.6 Å². The van der Waals surface area contributed by atoms with Crippen molar-refractivity contribution in [2.75, 3.05) is 6.26 Å². The highest BCUT2D eigenvalue weighted by molar-refractivity contribution is 7.85. The van der Waals surface area contributed by atoms with Gasteiger partial charge in [0.1, 0.15) is 16.7 Å². The number of benzene rings is 1. The van der Waals surface area contributed by atoms with Gasteiger partial charge in [0.15, 0.2) is 0 Å². The molecule has 0 fully saturated rings. The Balaban J connectivity index is 0.000000491. The fourth-order valence-corrected chi connectivity index (χ4v) is 3.07. The minimum absolute atomic E-state index is 0.0771. The predicted octanol–water partition coefficient (Wildman–Crippen LogP) is 2.52. The van der Waals surface area contributed by atoms with Crippen molar-refractivity contribution >= 4 is 43.5 Å². The quantitative estimate of drug-likeness (QED) is 0.299. The van der Waals surface area contributed by atoms with Crippen LogP contribution >= 0.6 is 11.6 Å². The highest BCUT2D eigenvalue weighted by Crippen LogP contribution is 2.34. The molecule has 31 heavy (non-hydrogen) atoms. The van der Waals surface area contributed by atoms with Crippen LogP contribution < -0.4 is 5.56 Å². The van der Waals surface area contributed by atoms with Gasteiger partial charge in [0.2, 0.25) is 0 Å². The molecule has 0 amide bonds. The number of hydrogen-bond donors (Lipinski definition) is 3. The highest BCUT2D eigenvalue weighted by Gasteiger charge is 2.21. The molecule has 12 heteroatoms. The maximum absolute atomic E-state index is 13.0. The van der Waals surface area contributed by atoms with Gasteiger partial charge >= 0.3 is 0 Å². The SMILES string of the molecule is CS(=O)(=O)O.C[C@@H](c1ccccn1)n1nc(O)c2nc3cc(Cl)ccc3c(O)c2c1=O. The van der Waals surface area contributed by atoms with Crippen LogP contribution in [0.2, 0.25) is 5.02 Å². The van der Waals surface area contributed by atoms with E-state index in [1.54, 1.807) is 43.5 Å². The summed E-state index contributed by atoms with van der Waals surface area (Å²) in [7, 11) is -3.67. The number of aromatic nitrogens is 4. The van der Waals surface area contributed by atoms with Gasteiger partial charge in [-0.15, -0.1) is 5.10 Å². The van der Waals surface area contributed by atoms with Crippen molar-refractivity contribution in [1.29, 1.82) is 0 Å². The molecule has 1 aromatic carbocycles. The normalized spacial score (nSPS) is 12.4. The fourth-order valence-electron chi connectivity index (χ4n) is 2.91. The molecule has 1 atom stereocenters. The second-order valence-electron chi connectivity index (χ2n) is 6.58. The molecule has 0 saturated carbocycles. The lowest BCUT2D eigenvalue weighted by Gasteiger charge is -2.15. The second kappa shape index (κ2) is 8.46. The van der Waals surface area contributed by atoms with Crippen molar-refractivity contribution in [3.05, 3.63) is 63.7 Å². The van der Waals surface area contributed by atoms with Gasteiger partial charge in [0, 0.05) is 16.6 Å². The molecule has 10 nitrogen and oxygen atoms in total. The number of nitrogens with zero attached hydrogens (tertiary/aromatic N) is 4. The molecule has 0 bridgehead atoms. The molecular formula is C19H17ClN4O6S. The van der Waals surface area contributed by atoms with Crippen molar-refractivity contribution in [2.24, 2.45) is 0 Å². The maximum Gasteiger partial charge on any atom is 0.280 e. The first-order valence-electron chi connectivity index (χ1n) is 8.74. The van der Waals surface area contributed by atoms with Crippen LogP contribution in [0.1, 0.15) is 18.7 Å². The number of halogens is 1. The molecule has 3 heterocycles. The van der Waals surface area contributed by atoms with Crippen LogP contribution in [-0.4, -0.2) is 49.2 Å². The van der Waals surface area contributed by atoms with E-state index >= 15 is 0 Å². The Morgan fingerprint density at radius 3 is 2.45 bits per heavy atom. The zero-order valence-electron chi connectivity index (χ0n) is 16.3. The Kier molecular flexibility index (Phi) is 6.11. The van der Waals surface area contributed by atoms with Gasteiger partial charge in [-0.1, -0.05) is 17.7 Å². The molecule has 0 aliphatic heterocycles. The van der Waals surface area contributed by atoms with Gasteiger partial charge in [-0.2, -0.15) is 8.42 Å². The molecule has 0 saturated heterocycles. The van der Waals surface area contributed by atoms with Crippen molar-refractivity contribution in [1.82, 2.24) is 19.7 Å². The molecule has 162 valence electrons. The van der Waals surface area contributed by atoms with Gasteiger partial charge in [0.05, 0.1) is 23.5 Å². The monoisotopic (exact) mass is 464 g/mol. The largest absolute Gasteiger partial charge is 0.506 e. The zero-order valence-corrected chi connectivity index (χ0v) is 17.8. The lowest BCUT2D eigenvalue weighted by molar-refractivity contribution is 0.412. The third kappa shape index (κ3) is 4.90. The van der Waals surface area contributed by atoms with Crippen LogP contribution in [0.4, 0.5) is 0 Å². The van der Waals surface area contributed by atoms with Crippen molar-refractivity contribution in [3.8, 4) is 11.6 Å². The lowest BCUT2D eigenvalue weighted by Crippen LogP contribution is -2.27. The molecule has 0 aliphatic rings. The highest BCUT2D eigenvalue weighted by atomic mass is 35.5. The zero-order chi connectivity index (χ0) is 22.9. The smallest absolute Gasteiger partial charge is 0.280 e. The minimum Gasteiger partial charge on any atom is -0.506 e. The summed E-state index contributed by atoms with van der Waals surface area (Å²) in [6.45, 7) is 1.73. The molecule has 3 N–H and O–H groups in total. The molecule has 3 aromatic heterocycles. The minimum atomic E-state index is -3.67. The fraction of sp³-hybridized carbons (Fsp3) is 0.158. The standard InChI is InChI=1S/C18H13ClN4O3.CH4O3S/c1-9(12-4-2-3-7-20-12)23-18(26)14-15(17(25)22-23)21-13-8-10(19)5-6-11(13)16(14)24;1-5(2,3)4/h2-9H,1H3,(H,21,24)(H,22,25);1H3,(H,2,3,4)/t9-;/m0./s1. The number of fused-ring (bicyclic) bond motifs is 2. The van der Waals surface area contributed by atoms with E-state index in [1.807, 2.05) is 0 Å². The Bertz CT molecular complexity index is 1430. The van der Waals surface area contributed by atoms with Gasteiger partial charge in [-0.25, -0.2) is 9.67 Å². The summed E-state index contributed by atoms with van der Waals surface area (Å²) >= 11 is 5.96. The number of aromatic hydroxyl groups is 2. The van der Waals surface area contributed by atoms with E-state index < -0.39 is 27.6 Å². The lowest BCUT2D eigenvalue weighted by atomic mass is 10.1. The first kappa shape index (κ1) is 22.4. The Hall–Kier alpha value is -3.28. The first-order chi connectivity index (χ1) is 14.5. The summed E-state index contributed by atoms with van der Waals surface area (Å²) in [5, 5.41) is 25.6. The van der Waals surface area contributed by atoms with Crippen molar-refractivity contribution in [2.45, 2.75) is 13.0 Å². The van der Waals surface area contributed by atoms with E-state index in [4.69, 9.17) is 16.2 Å². The van der Waals surface area contributed by atoms with E-state index in [1.165, 1.54) is 6.07 Å². The topological polar surface area (TPSA) is 156 Å². The Morgan fingerprint density at radius 2 is 1.84 bits per heavy atom. The second-order valence-corrected chi connectivity index (χ2v) is 8.48. The number of pyridine rings is 2. The third-order valence-corrected chi connectivity index (χ3v) is 4.47. The van der Waals surface area contributed by atoms with Gasteiger partial charge in [-0.3, -0.25) is 14.3 Å². The summed E-state index contributed by atoms with van der Waals surface area (Å²) in [5.41, 5.74) is 0.305. The summed E-state index contributed by atoms with van der Waals surface area (Å²) in [6, 6.07) is 9.46. The Morgan fingerprint density at radius 1 is 1.16 bits per heavy atom. The first-order valence-corrected chi connectivity index (χ1v) is 11.0. The van der Waals surface area contributed by atoms with Gasteiger partial charge in [0.25, 0.3) is 21.6 Å². The van der Waals surface area contributed by atoms with Crippen molar-refractivity contribution in [3.63, 3.8) is 0 Å². The van der Waals surface area contributed by atoms with E-state index in [-0.39, 0.29) is 16.7 Å². The molecule has 0 unspecified atom stereocenters. The summed E-state index contributed by atoms with van der Waals surface area (Å²) in [4.78, 5) is 21.4. The van der Waals surface area contributed by atoms with Gasteiger partial charge < -0.3 is 10.2 Å². The van der Waals surface area contributed by atoms with Crippen LogP contribution in [0, 0.1) is 0 Å². The molecular weight excluding hydrogens is 448 g/mol. The Labute approximate surface area is 181 Å². The molecule has 4 aromatic rings. The molecule has 0 aliphatic carbocycles. The average molecular weight is 465 g/mol. The van der Waals surface area contributed by atoms with Crippen LogP contribution in [0.3, 0.4) is 0 Å². The molecule has 0 radical (unpaired) electrons. The molecule has 0 spiro atoms. The van der Waals surface area contributed by atoms with E-state index in [2.05, 4.69) is 15.1 Å². The number of rotatable bonds is 2. The maximum atomic E-state index is 13.0. The van der Waals surface area contributed by atoms with E-state index in [9.17, 15) is 23.4 Å². The summed E-state index contributed by atoms with van der Waals surface area (Å²) < 4.78 is 27.0. The predicted molar refractivity (Wildman–Crippen MR) is 115 cm³/mol. The summed E-state index contributed by atoms with van der Waals surface area (Å²) in [6.07, 6.45) is 2.32.